The van der Waals surface area contributed by atoms with Crippen LogP contribution in [-0.2, 0) is 6.54 Å². The van der Waals surface area contributed by atoms with Crippen molar-refractivity contribution in [3.05, 3.63) is 18.0 Å². The third-order valence-electron chi connectivity index (χ3n) is 5.72. The Morgan fingerprint density at radius 2 is 2.21 bits per heavy atom. The van der Waals surface area contributed by atoms with Crippen LogP contribution in [0.3, 0.4) is 0 Å². The fourth-order valence-electron chi connectivity index (χ4n) is 4.72. The Hall–Kier alpha value is -0.830. The second-order valence-electron chi connectivity index (χ2n) is 7.58. The third kappa shape index (κ3) is 2.12. The van der Waals surface area contributed by atoms with Gasteiger partial charge in [-0.05, 0) is 48.5 Å². The molecule has 1 heterocycles. The number of aromatic nitrogens is 2. The van der Waals surface area contributed by atoms with Crippen molar-refractivity contribution in [2.75, 3.05) is 6.54 Å². The summed E-state index contributed by atoms with van der Waals surface area (Å²) in [6.07, 6.45) is 8.30. The highest BCUT2D eigenvalue weighted by Crippen LogP contribution is 2.62. The van der Waals surface area contributed by atoms with E-state index in [9.17, 15) is 0 Å². The number of aryl methyl sites for hydroxylation is 1. The lowest BCUT2D eigenvalue weighted by molar-refractivity contribution is 0.108. The van der Waals surface area contributed by atoms with Gasteiger partial charge in [0.05, 0.1) is 12.7 Å². The van der Waals surface area contributed by atoms with Crippen molar-refractivity contribution in [2.45, 2.75) is 59.5 Å². The summed E-state index contributed by atoms with van der Waals surface area (Å²) in [6, 6.07) is 0.662. The van der Waals surface area contributed by atoms with E-state index in [4.69, 9.17) is 0 Å². The van der Waals surface area contributed by atoms with Crippen LogP contribution in [0.25, 0.3) is 0 Å². The third-order valence-corrected chi connectivity index (χ3v) is 5.72. The van der Waals surface area contributed by atoms with Gasteiger partial charge in [0.15, 0.2) is 0 Å². The molecule has 1 N–H and O–H groups in total. The summed E-state index contributed by atoms with van der Waals surface area (Å²) in [5.41, 5.74) is 2.22. The van der Waals surface area contributed by atoms with Crippen LogP contribution >= 0.6 is 0 Å². The molecule has 2 aliphatic rings. The van der Waals surface area contributed by atoms with Crippen molar-refractivity contribution in [3.63, 3.8) is 0 Å². The van der Waals surface area contributed by atoms with E-state index in [1.54, 1.807) is 0 Å². The summed E-state index contributed by atoms with van der Waals surface area (Å²) in [5, 5.41) is 8.20. The molecule has 3 heteroatoms. The van der Waals surface area contributed by atoms with Crippen molar-refractivity contribution < 1.29 is 0 Å². The maximum absolute atomic E-state index is 4.36. The first-order chi connectivity index (χ1) is 8.92. The zero-order valence-electron chi connectivity index (χ0n) is 12.7. The Kier molecular flexibility index (Phi) is 3.01. The number of rotatable bonds is 4. The molecule has 0 radical (unpaired) electrons. The molecule has 2 saturated carbocycles. The summed E-state index contributed by atoms with van der Waals surface area (Å²) >= 11 is 0. The molecule has 0 spiro atoms. The highest BCUT2D eigenvalue weighted by molar-refractivity contribution is 5.12. The topological polar surface area (TPSA) is 29.9 Å². The Bertz CT molecular complexity index is 458. The minimum atomic E-state index is 0.451. The van der Waals surface area contributed by atoms with Crippen LogP contribution < -0.4 is 5.32 Å². The van der Waals surface area contributed by atoms with Gasteiger partial charge in [-0.2, -0.15) is 5.10 Å². The van der Waals surface area contributed by atoms with Crippen LogP contribution in [0, 0.1) is 23.7 Å². The normalized spacial score (nSPS) is 36.0. The number of hydrogen-bond donors (Lipinski definition) is 1. The van der Waals surface area contributed by atoms with Crippen molar-refractivity contribution in [3.8, 4) is 0 Å². The standard InChI is InChI=1S/C16H27N3/c1-12-10-18-19(11-12)8-7-17-14-15(2,3)13-5-6-16(14,4)9-13/h10-11,13-14,17H,5-9H2,1-4H3. The van der Waals surface area contributed by atoms with E-state index in [-0.39, 0.29) is 0 Å². The van der Waals surface area contributed by atoms with Crippen LogP contribution in [0.5, 0.6) is 0 Å². The fourth-order valence-corrected chi connectivity index (χ4v) is 4.72. The second-order valence-corrected chi connectivity index (χ2v) is 7.58. The van der Waals surface area contributed by atoms with E-state index in [2.05, 4.69) is 44.3 Å². The number of hydrogen-bond acceptors (Lipinski definition) is 2. The second kappa shape index (κ2) is 4.34. The molecule has 2 fully saturated rings. The van der Waals surface area contributed by atoms with Crippen molar-refractivity contribution >= 4 is 0 Å². The van der Waals surface area contributed by atoms with Gasteiger partial charge in [-0.25, -0.2) is 0 Å². The molecule has 3 nitrogen and oxygen atoms in total. The van der Waals surface area contributed by atoms with Gasteiger partial charge < -0.3 is 5.32 Å². The highest BCUT2D eigenvalue weighted by atomic mass is 15.3. The molecule has 3 atom stereocenters. The summed E-state index contributed by atoms with van der Waals surface area (Å²) in [4.78, 5) is 0. The van der Waals surface area contributed by atoms with Crippen LogP contribution in [0.4, 0.5) is 0 Å². The minimum Gasteiger partial charge on any atom is -0.311 e. The van der Waals surface area contributed by atoms with Gasteiger partial charge in [-0.15, -0.1) is 0 Å². The van der Waals surface area contributed by atoms with E-state index in [1.807, 2.05) is 10.9 Å². The molecule has 0 amide bonds. The number of fused-ring (bicyclic) bond motifs is 2. The van der Waals surface area contributed by atoms with Crippen LogP contribution in [-0.4, -0.2) is 22.4 Å². The highest BCUT2D eigenvalue weighted by Gasteiger charge is 2.58. The molecule has 1 aromatic rings. The minimum absolute atomic E-state index is 0.451. The molecule has 2 bridgehead atoms. The fraction of sp³-hybridized carbons (Fsp3) is 0.812. The maximum Gasteiger partial charge on any atom is 0.0534 e. The molecule has 2 aliphatic carbocycles. The lowest BCUT2D eigenvalue weighted by Crippen LogP contribution is -2.51. The van der Waals surface area contributed by atoms with Gasteiger partial charge >= 0.3 is 0 Å². The predicted molar refractivity (Wildman–Crippen MR) is 78.0 cm³/mol. The largest absolute Gasteiger partial charge is 0.311 e. The lowest BCUT2D eigenvalue weighted by atomic mass is 9.68. The van der Waals surface area contributed by atoms with Gasteiger partial charge in [0.1, 0.15) is 0 Å². The zero-order valence-corrected chi connectivity index (χ0v) is 12.7. The number of nitrogens with one attached hydrogen (secondary N) is 1. The molecule has 106 valence electrons. The SMILES string of the molecule is Cc1cnn(CCNC2C3(C)CCC(C3)C2(C)C)c1. The monoisotopic (exact) mass is 261 g/mol. The lowest BCUT2D eigenvalue weighted by Gasteiger charge is -2.43. The molecular formula is C16H27N3. The average molecular weight is 261 g/mol. The summed E-state index contributed by atoms with van der Waals surface area (Å²) in [5.74, 6) is 0.918. The van der Waals surface area contributed by atoms with Crippen molar-refractivity contribution in [1.82, 2.24) is 15.1 Å². The Morgan fingerprint density at radius 1 is 1.42 bits per heavy atom. The predicted octanol–water partition coefficient (Wildman–Crippen LogP) is 3.00. The van der Waals surface area contributed by atoms with E-state index < -0.39 is 0 Å². The Morgan fingerprint density at radius 3 is 2.79 bits per heavy atom. The summed E-state index contributed by atoms with van der Waals surface area (Å²) in [7, 11) is 0. The Balaban J connectivity index is 1.60. The van der Waals surface area contributed by atoms with E-state index in [1.165, 1.54) is 24.8 Å². The first-order valence-electron chi connectivity index (χ1n) is 7.64. The first kappa shape index (κ1) is 13.2. The first-order valence-corrected chi connectivity index (χ1v) is 7.64. The van der Waals surface area contributed by atoms with Gasteiger partial charge in [-0.3, -0.25) is 4.68 Å². The smallest absolute Gasteiger partial charge is 0.0534 e. The molecule has 0 aromatic carbocycles. The summed E-state index contributed by atoms with van der Waals surface area (Å²) in [6.45, 7) is 11.5. The molecule has 3 unspecified atom stereocenters. The van der Waals surface area contributed by atoms with E-state index >= 15 is 0 Å². The average Bonchev–Trinajstić information content (AvgIpc) is 2.95. The molecule has 0 saturated heterocycles. The number of nitrogens with zero attached hydrogens (tertiary/aromatic N) is 2. The molecule has 3 rings (SSSR count). The molecule has 0 aliphatic heterocycles. The van der Waals surface area contributed by atoms with Gasteiger partial charge in [-0.1, -0.05) is 20.8 Å². The van der Waals surface area contributed by atoms with Crippen molar-refractivity contribution in [2.24, 2.45) is 16.7 Å². The van der Waals surface area contributed by atoms with Gasteiger partial charge in [0.2, 0.25) is 0 Å². The zero-order chi connectivity index (χ0) is 13.7. The molecular weight excluding hydrogens is 234 g/mol. The quantitative estimate of drug-likeness (QED) is 0.903. The summed E-state index contributed by atoms with van der Waals surface area (Å²) < 4.78 is 2.05. The Labute approximate surface area is 116 Å². The van der Waals surface area contributed by atoms with Crippen LogP contribution in [0.15, 0.2) is 12.4 Å². The van der Waals surface area contributed by atoms with E-state index in [0.29, 0.717) is 16.9 Å². The van der Waals surface area contributed by atoms with Crippen LogP contribution in [0.1, 0.15) is 45.6 Å². The van der Waals surface area contributed by atoms with Crippen molar-refractivity contribution in [1.29, 1.82) is 0 Å². The van der Waals surface area contributed by atoms with Gasteiger partial charge in [0, 0.05) is 18.8 Å². The van der Waals surface area contributed by atoms with E-state index in [0.717, 1.165) is 19.0 Å². The maximum atomic E-state index is 4.36. The molecule has 1 aromatic heterocycles. The molecule has 19 heavy (non-hydrogen) atoms. The van der Waals surface area contributed by atoms with Gasteiger partial charge in [0.25, 0.3) is 0 Å². The van der Waals surface area contributed by atoms with Crippen LogP contribution in [0.2, 0.25) is 0 Å².